The minimum Gasteiger partial charge on any atom is -0.396 e. The van der Waals surface area contributed by atoms with Gasteiger partial charge in [0.1, 0.15) is 0 Å². The van der Waals surface area contributed by atoms with E-state index in [2.05, 4.69) is 6.92 Å². The molecule has 0 radical (unpaired) electrons. The molecule has 0 aliphatic carbocycles. The number of aliphatic hydroxyl groups is 1. The van der Waals surface area contributed by atoms with Crippen LogP contribution in [0.4, 0.5) is 0 Å². The monoisotopic (exact) mass is 502 g/mol. The van der Waals surface area contributed by atoms with E-state index in [4.69, 9.17) is 5.11 Å². The van der Waals surface area contributed by atoms with Crippen molar-refractivity contribution in [2.75, 3.05) is 6.61 Å². The molecule has 0 fully saturated rings. The Kier molecular flexibility index (Phi) is 36.7. The van der Waals surface area contributed by atoms with E-state index in [1.165, 1.54) is 173 Å². The summed E-state index contributed by atoms with van der Waals surface area (Å²) < 4.78 is 0. The molecule has 0 saturated heterocycles. The molecule has 0 amide bonds. The van der Waals surface area contributed by atoms with Crippen molar-refractivity contribution in [2.24, 2.45) is 0 Å². The van der Waals surface area contributed by atoms with Crippen LogP contribution in [-0.4, -0.2) is 11.7 Å². The van der Waals surface area contributed by atoms with Crippen molar-refractivity contribution in [3.8, 4) is 0 Å². The molecule has 0 aliphatic rings. The zero-order valence-corrected chi connectivity index (χ0v) is 25.6. The fourth-order valence-electron chi connectivity index (χ4n) is 4.78. The Bertz CT molecular complexity index is 267. The van der Waals surface area contributed by atoms with Gasteiger partial charge in [-0.15, -0.1) is 0 Å². The molecule has 0 heterocycles. The first-order chi connectivity index (χ1) is 15.4. The van der Waals surface area contributed by atoms with Gasteiger partial charge in [-0.2, -0.15) is 0 Å². The maximum Gasteiger partial charge on any atom is 0.0431 e. The average Bonchev–Trinajstić information content (AvgIpc) is 2.78. The molecule has 1 N–H and O–H groups in total. The van der Waals surface area contributed by atoms with Crippen LogP contribution in [0.5, 0.6) is 0 Å². The molecule has 0 aromatic rings. The van der Waals surface area contributed by atoms with E-state index in [-0.39, 0.29) is 19.5 Å². The molecule has 190 valence electrons. The van der Waals surface area contributed by atoms with Gasteiger partial charge in [0.15, 0.2) is 0 Å². The zero-order valence-electron chi connectivity index (χ0n) is 22.7. The summed E-state index contributed by atoms with van der Waals surface area (Å²) in [6.45, 7) is 2.68. The van der Waals surface area contributed by atoms with Gasteiger partial charge >= 0.3 is 0 Å². The first kappa shape index (κ1) is 34.7. The van der Waals surface area contributed by atoms with Crippen LogP contribution < -0.4 is 0 Å². The second-order valence-electron chi connectivity index (χ2n) is 10.3. The van der Waals surface area contributed by atoms with Crippen LogP contribution in [0.1, 0.15) is 187 Å². The summed E-state index contributed by atoms with van der Waals surface area (Å²) >= 11 is 0. The molecule has 0 aromatic carbocycles. The molecule has 0 rings (SSSR count). The first-order valence-corrected chi connectivity index (χ1v) is 15.0. The summed E-state index contributed by atoms with van der Waals surface area (Å²) in [6, 6.07) is 0. The van der Waals surface area contributed by atoms with E-state index >= 15 is 0 Å². The third kappa shape index (κ3) is 32.8. The fourth-order valence-corrected chi connectivity index (χ4v) is 4.78. The molecule has 2 heteroatoms. The summed E-state index contributed by atoms with van der Waals surface area (Å²) in [6.07, 6.45) is 40.1. The van der Waals surface area contributed by atoms with Crippen LogP contribution in [-0.2, 0) is 19.5 Å². The van der Waals surface area contributed by atoms with Crippen LogP contribution in [0.15, 0.2) is 0 Å². The number of aliphatic hydroxyl groups excluding tert-OH is 1. The summed E-state index contributed by atoms with van der Waals surface area (Å²) in [5.41, 5.74) is 0. The smallest absolute Gasteiger partial charge is 0.0431 e. The SMILES string of the molecule is CCCCCCCCCCCCCCCCCCCCCCCCCCCCCCO.[Zn]. The van der Waals surface area contributed by atoms with Crippen molar-refractivity contribution in [1.82, 2.24) is 0 Å². The second-order valence-corrected chi connectivity index (χ2v) is 10.3. The molecular formula is C30H62OZn. The van der Waals surface area contributed by atoms with E-state index in [0.717, 1.165) is 6.42 Å². The van der Waals surface area contributed by atoms with Crippen molar-refractivity contribution in [3.63, 3.8) is 0 Å². The third-order valence-corrected chi connectivity index (χ3v) is 7.01. The largest absolute Gasteiger partial charge is 0.396 e. The summed E-state index contributed by atoms with van der Waals surface area (Å²) in [7, 11) is 0. The Labute approximate surface area is 217 Å². The Balaban J connectivity index is 0. The van der Waals surface area contributed by atoms with Gasteiger partial charge in [-0.25, -0.2) is 0 Å². The topological polar surface area (TPSA) is 20.2 Å². The van der Waals surface area contributed by atoms with Crippen LogP contribution in [0.2, 0.25) is 0 Å². The van der Waals surface area contributed by atoms with Gasteiger partial charge in [-0.3, -0.25) is 0 Å². The van der Waals surface area contributed by atoms with Crippen molar-refractivity contribution in [2.45, 2.75) is 187 Å². The van der Waals surface area contributed by atoms with E-state index in [1.807, 2.05) is 0 Å². The number of unbranched alkanes of at least 4 members (excludes halogenated alkanes) is 27. The normalized spacial score (nSPS) is 11.1. The first-order valence-electron chi connectivity index (χ1n) is 15.0. The molecule has 0 spiro atoms. The zero-order chi connectivity index (χ0) is 22.5. The Hall–Kier alpha value is 0.583. The summed E-state index contributed by atoms with van der Waals surface area (Å²) in [5, 5.41) is 8.76. The molecule has 0 bridgehead atoms. The molecule has 0 unspecified atom stereocenters. The van der Waals surface area contributed by atoms with Crippen molar-refractivity contribution >= 4 is 0 Å². The Morgan fingerprint density at radius 2 is 0.438 bits per heavy atom. The van der Waals surface area contributed by atoms with Gasteiger partial charge in [-0.05, 0) is 6.42 Å². The van der Waals surface area contributed by atoms with Crippen molar-refractivity contribution < 1.29 is 24.6 Å². The van der Waals surface area contributed by atoms with Gasteiger partial charge in [0.25, 0.3) is 0 Å². The van der Waals surface area contributed by atoms with E-state index in [9.17, 15) is 0 Å². The molecule has 0 atom stereocenters. The van der Waals surface area contributed by atoms with E-state index in [1.54, 1.807) is 0 Å². The predicted octanol–water partition coefficient (Wildman–Crippen LogP) is 10.9. The standard InChI is InChI=1S/C30H62O.Zn/c1-2-3-4-5-6-7-8-9-10-11-12-13-14-15-16-17-18-19-20-21-22-23-24-25-26-27-28-29-30-31;/h31H,2-30H2,1H3;. The second kappa shape index (κ2) is 33.8. The molecular weight excluding hydrogens is 442 g/mol. The maximum absolute atomic E-state index is 8.76. The minimum atomic E-state index is 0. The average molecular weight is 504 g/mol. The number of rotatable bonds is 28. The van der Waals surface area contributed by atoms with E-state index < -0.39 is 0 Å². The van der Waals surface area contributed by atoms with Gasteiger partial charge in [-0.1, -0.05) is 180 Å². The molecule has 32 heavy (non-hydrogen) atoms. The van der Waals surface area contributed by atoms with Gasteiger partial charge in [0, 0.05) is 26.1 Å². The van der Waals surface area contributed by atoms with Gasteiger partial charge in [0.05, 0.1) is 0 Å². The summed E-state index contributed by atoms with van der Waals surface area (Å²) in [4.78, 5) is 0. The van der Waals surface area contributed by atoms with Crippen LogP contribution in [0.25, 0.3) is 0 Å². The number of hydrogen-bond acceptors (Lipinski definition) is 1. The van der Waals surface area contributed by atoms with Crippen LogP contribution >= 0.6 is 0 Å². The maximum atomic E-state index is 8.76. The minimum absolute atomic E-state index is 0. The van der Waals surface area contributed by atoms with Gasteiger partial charge in [0.2, 0.25) is 0 Å². The Morgan fingerprint density at radius 3 is 0.594 bits per heavy atom. The van der Waals surface area contributed by atoms with Gasteiger partial charge < -0.3 is 5.11 Å². The van der Waals surface area contributed by atoms with Crippen LogP contribution in [0, 0.1) is 0 Å². The van der Waals surface area contributed by atoms with Crippen LogP contribution in [0.3, 0.4) is 0 Å². The third-order valence-electron chi connectivity index (χ3n) is 7.01. The quantitative estimate of drug-likeness (QED) is 0.0830. The van der Waals surface area contributed by atoms with Crippen molar-refractivity contribution in [1.29, 1.82) is 0 Å². The van der Waals surface area contributed by atoms with Crippen molar-refractivity contribution in [3.05, 3.63) is 0 Å². The molecule has 0 aromatic heterocycles. The Morgan fingerprint density at radius 1 is 0.281 bits per heavy atom. The fraction of sp³-hybridized carbons (Fsp3) is 1.00. The molecule has 0 aliphatic heterocycles. The number of hydrogen-bond donors (Lipinski definition) is 1. The predicted molar refractivity (Wildman–Crippen MR) is 142 cm³/mol. The molecule has 1 nitrogen and oxygen atoms in total. The van der Waals surface area contributed by atoms with E-state index in [0.29, 0.717) is 6.61 Å². The summed E-state index contributed by atoms with van der Waals surface area (Å²) in [5.74, 6) is 0. The molecule has 0 saturated carbocycles.